The molecule has 4 rings (SSSR count). The van der Waals surface area contributed by atoms with Crippen molar-refractivity contribution in [1.29, 1.82) is 0 Å². The number of imidazole rings is 1. The normalized spacial score (nSPS) is 20.2. The minimum Gasteiger partial charge on any atom is -0.340 e. The molecule has 2 atom stereocenters. The van der Waals surface area contributed by atoms with Gasteiger partial charge in [0.05, 0.1) is 5.69 Å². The van der Waals surface area contributed by atoms with Gasteiger partial charge in [-0.25, -0.2) is 15.0 Å². The molecule has 0 spiro atoms. The third-order valence-corrected chi connectivity index (χ3v) is 5.53. The van der Waals surface area contributed by atoms with Gasteiger partial charge in [0.2, 0.25) is 0 Å². The van der Waals surface area contributed by atoms with Crippen molar-refractivity contribution in [3.8, 4) is 5.82 Å². The highest BCUT2D eigenvalue weighted by Crippen LogP contribution is 2.29. The van der Waals surface area contributed by atoms with Crippen LogP contribution in [0.1, 0.15) is 44.1 Å². The number of hydrogen-bond donors (Lipinski definition) is 1. The van der Waals surface area contributed by atoms with Gasteiger partial charge in [-0.15, -0.1) is 0 Å². The molecule has 0 bridgehead atoms. The number of likely N-dealkylation sites (tertiary alicyclic amines) is 1. The molecule has 1 N–H and O–H groups in total. The average Bonchev–Trinajstić information content (AvgIpc) is 3.15. The molecule has 2 aromatic heterocycles. The van der Waals surface area contributed by atoms with E-state index >= 15 is 0 Å². The molecular weight excluding hydrogens is 348 g/mol. The number of hydrogen-bond acceptors (Lipinski definition) is 5. The number of likely N-dealkylation sites (N-methyl/N-ethyl adjacent to an activating group) is 1. The van der Waals surface area contributed by atoms with Crippen LogP contribution in [0.3, 0.4) is 0 Å². The zero-order valence-corrected chi connectivity index (χ0v) is 16.8. The fraction of sp³-hybridized carbons (Fsp3) is 0.409. The van der Waals surface area contributed by atoms with Crippen molar-refractivity contribution in [1.82, 2.24) is 24.4 Å². The lowest BCUT2D eigenvalue weighted by molar-refractivity contribution is 0.149. The molecule has 0 saturated carbocycles. The molecule has 0 amide bonds. The summed E-state index contributed by atoms with van der Waals surface area (Å²) < 4.78 is 1.97. The quantitative estimate of drug-likeness (QED) is 0.719. The van der Waals surface area contributed by atoms with Gasteiger partial charge < -0.3 is 10.2 Å². The molecule has 1 aliphatic heterocycles. The summed E-state index contributed by atoms with van der Waals surface area (Å²) in [5.41, 5.74) is 1.99. The van der Waals surface area contributed by atoms with Crippen LogP contribution in [0.15, 0.2) is 48.9 Å². The standard InChI is InChI=1S/C22H28N6/c1-4-27-14-18(11-10-17(27)3)22-25-20(24-19-8-6-5-7-9-19)12-21(26-22)28-13-16(2)23-15-28/h5-9,12-13,15,17-18H,4,10-11,14H2,1-3H3,(H,24,25,26)/t17-,18+/m0/s1. The zero-order valence-electron chi connectivity index (χ0n) is 16.8. The first-order valence-corrected chi connectivity index (χ1v) is 10.1. The highest BCUT2D eigenvalue weighted by molar-refractivity contribution is 5.57. The van der Waals surface area contributed by atoms with Crippen molar-refractivity contribution < 1.29 is 0 Å². The molecule has 3 heterocycles. The molecule has 3 aromatic rings. The van der Waals surface area contributed by atoms with Crippen molar-refractivity contribution in [2.45, 2.75) is 45.6 Å². The number of nitrogens with zero attached hydrogens (tertiary/aromatic N) is 5. The number of aromatic nitrogens is 4. The van der Waals surface area contributed by atoms with Gasteiger partial charge in [0, 0.05) is 36.5 Å². The van der Waals surface area contributed by atoms with Crippen molar-refractivity contribution in [3.05, 3.63) is 60.4 Å². The lowest BCUT2D eigenvalue weighted by atomic mass is 9.93. The van der Waals surface area contributed by atoms with Crippen LogP contribution in [0.4, 0.5) is 11.5 Å². The van der Waals surface area contributed by atoms with Crippen molar-refractivity contribution >= 4 is 11.5 Å². The summed E-state index contributed by atoms with van der Waals surface area (Å²) in [4.78, 5) is 16.7. The molecular formula is C22H28N6. The Morgan fingerprint density at radius 3 is 2.68 bits per heavy atom. The molecule has 0 aliphatic carbocycles. The lowest BCUT2D eigenvalue weighted by Crippen LogP contribution is -2.41. The summed E-state index contributed by atoms with van der Waals surface area (Å²) in [6.45, 7) is 8.60. The highest BCUT2D eigenvalue weighted by atomic mass is 15.2. The predicted molar refractivity (Wildman–Crippen MR) is 112 cm³/mol. The number of benzene rings is 1. The fourth-order valence-corrected chi connectivity index (χ4v) is 3.88. The van der Waals surface area contributed by atoms with Crippen LogP contribution in [0.25, 0.3) is 5.82 Å². The molecule has 1 aromatic carbocycles. The summed E-state index contributed by atoms with van der Waals surface area (Å²) in [7, 11) is 0. The monoisotopic (exact) mass is 376 g/mol. The van der Waals surface area contributed by atoms with Gasteiger partial charge in [0.15, 0.2) is 0 Å². The van der Waals surface area contributed by atoms with Crippen LogP contribution in [-0.4, -0.2) is 43.6 Å². The number of rotatable bonds is 5. The Balaban J connectivity index is 1.69. The Bertz CT molecular complexity index is 920. The molecule has 0 radical (unpaired) electrons. The van der Waals surface area contributed by atoms with E-state index in [4.69, 9.17) is 9.97 Å². The van der Waals surface area contributed by atoms with E-state index < -0.39 is 0 Å². The van der Waals surface area contributed by atoms with Crippen LogP contribution in [0.5, 0.6) is 0 Å². The lowest BCUT2D eigenvalue weighted by Gasteiger charge is -2.36. The Hall–Kier alpha value is -2.73. The first kappa shape index (κ1) is 18.6. The van der Waals surface area contributed by atoms with Gasteiger partial charge in [0.25, 0.3) is 0 Å². The van der Waals surface area contributed by atoms with Crippen LogP contribution < -0.4 is 5.32 Å². The van der Waals surface area contributed by atoms with E-state index in [9.17, 15) is 0 Å². The number of aryl methyl sites for hydroxylation is 1. The predicted octanol–water partition coefficient (Wildman–Crippen LogP) is 4.30. The van der Waals surface area contributed by atoms with Crippen molar-refractivity contribution in [3.63, 3.8) is 0 Å². The van der Waals surface area contributed by atoms with E-state index in [-0.39, 0.29) is 0 Å². The Kier molecular flexibility index (Phi) is 5.39. The first-order chi connectivity index (χ1) is 13.6. The first-order valence-electron chi connectivity index (χ1n) is 10.1. The van der Waals surface area contributed by atoms with E-state index in [0.29, 0.717) is 12.0 Å². The van der Waals surface area contributed by atoms with Crippen LogP contribution in [0.2, 0.25) is 0 Å². The summed E-state index contributed by atoms with van der Waals surface area (Å²) in [5.74, 6) is 2.93. The van der Waals surface area contributed by atoms with Gasteiger partial charge in [-0.3, -0.25) is 4.57 Å². The minimum absolute atomic E-state index is 0.344. The summed E-state index contributed by atoms with van der Waals surface area (Å²) >= 11 is 0. The molecule has 6 nitrogen and oxygen atoms in total. The molecule has 0 unspecified atom stereocenters. The SMILES string of the molecule is CCN1C[C@H](c2nc(Nc3ccccc3)cc(-n3cnc(C)c3)n2)CC[C@@H]1C. The third-order valence-electron chi connectivity index (χ3n) is 5.53. The van der Waals surface area contributed by atoms with Crippen molar-refractivity contribution in [2.24, 2.45) is 0 Å². The Labute approximate surface area is 166 Å². The largest absolute Gasteiger partial charge is 0.340 e. The van der Waals surface area contributed by atoms with E-state index in [1.807, 2.05) is 60.4 Å². The Morgan fingerprint density at radius 1 is 1.14 bits per heavy atom. The minimum atomic E-state index is 0.344. The van der Waals surface area contributed by atoms with Crippen LogP contribution in [-0.2, 0) is 0 Å². The fourth-order valence-electron chi connectivity index (χ4n) is 3.88. The molecule has 1 aliphatic rings. The van der Waals surface area contributed by atoms with Crippen LogP contribution in [0, 0.1) is 6.92 Å². The van der Waals surface area contributed by atoms with Gasteiger partial charge >= 0.3 is 0 Å². The smallest absolute Gasteiger partial charge is 0.143 e. The van der Waals surface area contributed by atoms with Gasteiger partial charge in [-0.05, 0) is 45.4 Å². The molecule has 28 heavy (non-hydrogen) atoms. The van der Waals surface area contributed by atoms with E-state index in [1.165, 1.54) is 6.42 Å². The summed E-state index contributed by atoms with van der Waals surface area (Å²) in [6, 6.07) is 12.8. The summed E-state index contributed by atoms with van der Waals surface area (Å²) in [6.07, 6.45) is 6.11. The van der Waals surface area contributed by atoms with Gasteiger partial charge in [0.1, 0.15) is 23.8 Å². The zero-order chi connectivity index (χ0) is 19.5. The molecule has 6 heteroatoms. The number of para-hydroxylation sites is 1. The molecule has 146 valence electrons. The highest BCUT2D eigenvalue weighted by Gasteiger charge is 2.27. The van der Waals surface area contributed by atoms with E-state index in [2.05, 4.69) is 29.0 Å². The summed E-state index contributed by atoms with van der Waals surface area (Å²) in [5, 5.41) is 3.44. The third kappa shape index (κ3) is 4.07. The van der Waals surface area contributed by atoms with Crippen LogP contribution >= 0.6 is 0 Å². The number of nitrogens with one attached hydrogen (secondary N) is 1. The maximum Gasteiger partial charge on any atom is 0.143 e. The van der Waals surface area contributed by atoms with Crippen molar-refractivity contribution in [2.75, 3.05) is 18.4 Å². The average molecular weight is 377 g/mol. The molecule has 1 fully saturated rings. The second kappa shape index (κ2) is 8.10. The number of piperidine rings is 1. The maximum atomic E-state index is 4.92. The van der Waals surface area contributed by atoms with E-state index in [0.717, 1.165) is 48.4 Å². The van der Waals surface area contributed by atoms with Gasteiger partial charge in [-0.1, -0.05) is 25.1 Å². The van der Waals surface area contributed by atoms with Gasteiger partial charge in [-0.2, -0.15) is 0 Å². The maximum absolute atomic E-state index is 4.92. The Morgan fingerprint density at radius 2 is 1.96 bits per heavy atom. The van der Waals surface area contributed by atoms with E-state index in [1.54, 1.807) is 0 Å². The number of anilines is 2. The topological polar surface area (TPSA) is 58.9 Å². The second-order valence-electron chi connectivity index (χ2n) is 7.59. The molecule has 1 saturated heterocycles. The second-order valence-corrected chi connectivity index (χ2v) is 7.59.